The molecule has 0 aliphatic carbocycles. The molecule has 0 aliphatic heterocycles. The number of carbonyl (C=O) groups excluding carboxylic acids is 1. The minimum absolute atomic E-state index is 0.00704. The first-order chi connectivity index (χ1) is 14.7. The Labute approximate surface area is 176 Å². The third-order valence-corrected chi connectivity index (χ3v) is 5.42. The molecule has 0 saturated heterocycles. The lowest BCUT2D eigenvalue weighted by Gasteiger charge is -2.18. The van der Waals surface area contributed by atoms with Crippen molar-refractivity contribution in [1.82, 2.24) is 14.9 Å². The summed E-state index contributed by atoms with van der Waals surface area (Å²) < 4.78 is 7.43. The van der Waals surface area contributed by atoms with Crippen LogP contribution in [-0.4, -0.2) is 22.6 Å². The van der Waals surface area contributed by atoms with Crippen molar-refractivity contribution >= 4 is 16.8 Å². The van der Waals surface area contributed by atoms with E-state index in [1.54, 1.807) is 19.5 Å². The third kappa shape index (κ3) is 4.20. The molecule has 0 saturated carbocycles. The maximum atomic E-state index is 12.9. The molecule has 0 radical (unpaired) electrons. The van der Waals surface area contributed by atoms with Crippen molar-refractivity contribution in [3.8, 4) is 5.75 Å². The number of pyridine rings is 1. The van der Waals surface area contributed by atoms with Gasteiger partial charge in [-0.15, -0.1) is 0 Å². The van der Waals surface area contributed by atoms with Gasteiger partial charge in [0.2, 0.25) is 5.91 Å². The van der Waals surface area contributed by atoms with Crippen molar-refractivity contribution in [3.05, 3.63) is 95.9 Å². The monoisotopic (exact) mass is 399 g/mol. The highest BCUT2D eigenvalue weighted by atomic mass is 16.5. The smallest absolute Gasteiger partial charge is 0.221 e. The van der Waals surface area contributed by atoms with E-state index in [-0.39, 0.29) is 11.8 Å². The molecule has 0 fully saturated rings. The Morgan fingerprint density at radius 2 is 1.90 bits per heavy atom. The molecular weight excluding hydrogens is 374 g/mol. The van der Waals surface area contributed by atoms with Gasteiger partial charge in [0, 0.05) is 55.4 Å². The molecule has 0 bridgehead atoms. The molecule has 2 aromatic heterocycles. The molecule has 30 heavy (non-hydrogen) atoms. The van der Waals surface area contributed by atoms with Crippen LogP contribution in [0.15, 0.2) is 79.3 Å². The van der Waals surface area contributed by atoms with Crippen LogP contribution in [0.4, 0.5) is 0 Å². The summed E-state index contributed by atoms with van der Waals surface area (Å²) >= 11 is 0. The molecule has 0 unspecified atom stereocenters. The molecule has 2 heterocycles. The summed E-state index contributed by atoms with van der Waals surface area (Å²) in [6.45, 7) is 0.470. The van der Waals surface area contributed by atoms with Gasteiger partial charge in [-0.1, -0.05) is 36.4 Å². The van der Waals surface area contributed by atoms with Crippen molar-refractivity contribution in [2.24, 2.45) is 7.05 Å². The van der Waals surface area contributed by atoms with E-state index in [9.17, 15) is 4.79 Å². The lowest BCUT2D eigenvalue weighted by molar-refractivity contribution is -0.121. The Kier molecular flexibility index (Phi) is 5.80. The summed E-state index contributed by atoms with van der Waals surface area (Å²) in [6, 6.07) is 20.1. The first kappa shape index (κ1) is 19.7. The van der Waals surface area contributed by atoms with Crippen molar-refractivity contribution in [1.29, 1.82) is 0 Å². The van der Waals surface area contributed by atoms with Gasteiger partial charge in [-0.2, -0.15) is 0 Å². The molecule has 1 atom stereocenters. The van der Waals surface area contributed by atoms with Gasteiger partial charge in [-0.3, -0.25) is 9.78 Å². The first-order valence-corrected chi connectivity index (χ1v) is 9.99. The van der Waals surface area contributed by atoms with E-state index in [2.05, 4.69) is 33.2 Å². The number of aryl methyl sites for hydroxylation is 1. The Balaban J connectivity index is 1.64. The van der Waals surface area contributed by atoms with Crippen molar-refractivity contribution in [2.45, 2.75) is 18.9 Å². The zero-order valence-corrected chi connectivity index (χ0v) is 17.2. The predicted molar refractivity (Wildman–Crippen MR) is 118 cm³/mol. The van der Waals surface area contributed by atoms with E-state index >= 15 is 0 Å². The standard InChI is InChI=1S/C25H25N3O2/c1-28-17-23(21-7-3-4-8-24(21)28)22(19-9-11-20(30-2)12-10-19)14-25(29)27-16-18-6-5-13-26-15-18/h3-13,15,17,22H,14,16H2,1-2H3,(H,27,29)/t22-/m0/s1. The van der Waals surface area contributed by atoms with E-state index in [4.69, 9.17) is 4.74 Å². The first-order valence-electron chi connectivity index (χ1n) is 9.99. The highest BCUT2D eigenvalue weighted by Gasteiger charge is 2.22. The zero-order valence-electron chi connectivity index (χ0n) is 17.2. The number of methoxy groups -OCH3 is 1. The molecule has 5 nitrogen and oxygen atoms in total. The van der Waals surface area contributed by atoms with Crippen molar-refractivity contribution < 1.29 is 9.53 Å². The van der Waals surface area contributed by atoms with Gasteiger partial charge in [-0.05, 0) is 41.0 Å². The minimum Gasteiger partial charge on any atom is -0.497 e. The molecule has 0 spiro atoms. The summed E-state index contributed by atoms with van der Waals surface area (Å²) in [5.74, 6) is 0.750. The maximum Gasteiger partial charge on any atom is 0.221 e. The molecule has 0 aliphatic rings. The number of nitrogens with zero attached hydrogens (tertiary/aromatic N) is 2. The van der Waals surface area contributed by atoms with Crippen LogP contribution >= 0.6 is 0 Å². The van der Waals surface area contributed by atoms with E-state index in [1.165, 1.54) is 5.39 Å². The van der Waals surface area contributed by atoms with E-state index < -0.39 is 0 Å². The summed E-state index contributed by atoms with van der Waals surface area (Å²) in [7, 11) is 3.70. The SMILES string of the molecule is COc1ccc([C@H](CC(=O)NCc2cccnc2)c2cn(C)c3ccccc23)cc1. The largest absolute Gasteiger partial charge is 0.497 e. The summed E-state index contributed by atoms with van der Waals surface area (Å²) in [5, 5.41) is 4.20. The van der Waals surface area contributed by atoms with Gasteiger partial charge in [0.1, 0.15) is 5.75 Å². The van der Waals surface area contributed by atoms with Gasteiger partial charge in [0.25, 0.3) is 0 Å². The van der Waals surface area contributed by atoms with Gasteiger partial charge < -0.3 is 14.6 Å². The van der Waals surface area contributed by atoms with Crippen molar-refractivity contribution in [2.75, 3.05) is 7.11 Å². The van der Waals surface area contributed by atoms with E-state index in [1.807, 2.05) is 55.6 Å². The van der Waals surface area contributed by atoms with Gasteiger partial charge in [0.15, 0.2) is 0 Å². The Morgan fingerprint density at radius 1 is 1.10 bits per heavy atom. The number of hydrogen-bond acceptors (Lipinski definition) is 3. The third-order valence-electron chi connectivity index (χ3n) is 5.42. The highest BCUT2D eigenvalue weighted by Crippen LogP contribution is 2.35. The number of aromatic nitrogens is 2. The van der Waals surface area contributed by atoms with Crippen LogP contribution in [0, 0.1) is 0 Å². The van der Waals surface area contributed by atoms with Gasteiger partial charge >= 0.3 is 0 Å². The van der Waals surface area contributed by atoms with Crippen LogP contribution in [0.5, 0.6) is 5.75 Å². The Bertz CT molecular complexity index is 1130. The number of para-hydroxylation sites is 1. The van der Waals surface area contributed by atoms with Crippen LogP contribution in [0.25, 0.3) is 10.9 Å². The quantitative estimate of drug-likeness (QED) is 0.500. The number of nitrogens with one attached hydrogen (secondary N) is 1. The number of hydrogen-bond donors (Lipinski definition) is 1. The minimum atomic E-state index is -0.0593. The second kappa shape index (κ2) is 8.82. The number of fused-ring (bicyclic) bond motifs is 1. The molecule has 152 valence electrons. The normalized spacial score (nSPS) is 11.9. The molecule has 5 heteroatoms. The fraction of sp³-hybridized carbons (Fsp3) is 0.200. The number of rotatable bonds is 7. The number of ether oxygens (including phenoxy) is 1. The molecule has 1 N–H and O–H groups in total. The average Bonchev–Trinajstić information content (AvgIpc) is 3.13. The fourth-order valence-electron chi connectivity index (χ4n) is 3.86. The lowest BCUT2D eigenvalue weighted by Crippen LogP contribution is -2.25. The second-order valence-corrected chi connectivity index (χ2v) is 7.38. The molecular formula is C25H25N3O2. The second-order valence-electron chi connectivity index (χ2n) is 7.38. The van der Waals surface area contributed by atoms with Crippen LogP contribution < -0.4 is 10.1 Å². The molecule has 4 rings (SSSR count). The van der Waals surface area contributed by atoms with Gasteiger partial charge in [0.05, 0.1) is 7.11 Å². The van der Waals surface area contributed by atoms with E-state index in [0.29, 0.717) is 13.0 Å². The van der Waals surface area contributed by atoms with Crippen molar-refractivity contribution in [3.63, 3.8) is 0 Å². The number of amides is 1. The van der Waals surface area contributed by atoms with Crippen LogP contribution in [0.3, 0.4) is 0 Å². The maximum absolute atomic E-state index is 12.9. The average molecular weight is 399 g/mol. The number of carbonyl (C=O) groups is 1. The highest BCUT2D eigenvalue weighted by molar-refractivity contribution is 5.86. The van der Waals surface area contributed by atoms with Crippen LogP contribution in [-0.2, 0) is 18.4 Å². The zero-order chi connectivity index (χ0) is 20.9. The summed E-state index contributed by atoms with van der Waals surface area (Å²) in [4.78, 5) is 17.0. The predicted octanol–water partition coefficient (Wildman–Crippen LogP) is 4.42. The van der Waals surface area contributed by atoms with Gasteiger partial charge in [-0.25, -0.2) is 0 Å². The molecule has 1 amide bonds. The molecule has 4 aromatic rings. The summed E-state index contributed by atoms with van der Waals surface area (Å²) in [5.41, 5.74) is 4.37. The van der Waals surface area contributed by atoms with E-state index in [0.717, 1.165) is 28.0 Å². The molecule has 2 aromatic carbocycles. The fourth-order valence-corrected chi connectivity index (χ4v) is 3.86. The number of benzene rings is 2. The van der Waals surface area contributed by atoms with Crippen LogP contribution in [0.2, 0.25) is 0 Å². The summed E-state index contributed by atoms with van der Waals surface area (Å²) in [6.07, 6.45) is 5.99. The topological polar surface area (TPSA) is 56.1 Å². The Morgan fingerprint density at radius 3 is 2.63 bits per heavy atom. The lowest BCUT2D eigenvalue weighted by atomic mass is 9.88. The Hall–Kier alpha value is -3.60. The van der Waals surface area contributed by atoms with Crippen LogP contribution in [0.1, 0.15) is 29.0 Å².